The van der Waals surface area contributed by atoms with Crippen LogP contribution >= 0.6 is 15.9 Å². The number of hydrogen-bond donors (Lipinski definition) is 1. The van der Waals surface area contributed by atoms with Crippen molar-refractivity contribution in [3.63, 3.8) is 0 Å². The molecule has 0 spiro atoms. The molecule has 0 saturated heterocycles. The number of benzene rings is 1. The average Bonchev–Trinajstić information content (AvgIpc) is 2.77. The molecule has 2 rings (SSSR count). The largest absolute Gasteiger partial charge is 0.461 e. The van der Waals surface area contributed by atoms with Crippen molar-refractivity contribution in [2.24, 2.45) is 0 Å². The summed E-state index contributed by atoms with van der Waals surface area (Å²) in [5.41, 5.74) is 4.73. The fourth-order valence-corrected chi connectivity index (χ4v) is 3.41. The molecule has 0 aliphatic carbocycles. The Balaban J connectivity index is 2.26. The van der Waals surface area contributed by atoms with Gasteiger partial charge in [0.25, 0.3) is 0 Å². The number of halogens is 1. The number of nitrogens with one attached hydrogen (secondary N) is 1. The zero-order chi connectivity index (χ0) is 18.7. The van der Waals surface area contributed by atoms with Gasteiger partial charge in [0.05, 0.1) is 12.3 Å². The molecule has 1 N–H and O–H groups in total. The van der Waals surface area contributed by atoms with Gasteiger partial charge in [-0.15, -0.1) is 0 Å². The van der Waals surface area contributed by atoms with E-state index in [9.17, 15) is 9.59 Å². The topological polar surface area (TPSA) is 73.2 Å². The van der Waals surface area contributed by atoms with Crippen molar-refractivity contribution in [3.05, 3.63) is 44.9 Å². The number of aryl methyl sites for hydroxylation is 4. The first-order chi connectivity index (χ1) is 11.7. The van der Waals surface area contributed by atoms with Gasteiger partial charge in [-0.05, 0) is 61.7 Å². The van der Waals surface area contributed by atoms with Gasteiger partial charge in [0.15, 0.2) is 10.4 Å². The highest BCUT2D eigenvalue weighted by molar-refractivity contribution is 9.10. The average molecular weight is 408 g/mol. The fraction of sp³-hybridized carbons (Fsp3) is 0.389. The molecule has 0 aliphatic rings. The number of imidazole rings is 1. The highest BCUT2D eigenvalue weighted by Crippen LogP contribution is 2.23. The van der Waals surface area contributed by atoms with Gasteiger partial charge in [-0.25, -0.2) is 9.78 Å². The van der Waals surface area contributed by atoms with Crippen LogP contribution in [0.5, 0.6) is 0 Å². The summed E-state index contributed by atoms with van der Waals surface area (Å²) < 4.78 is 6.99. The number of anilines is 1. The lowest BCUT2D eigenvalue weighted by atomic mass is 10.1. The molecule has 6 nitrogen and oxygen atoms in total. The Morgan fingerprint density at radius 3 is 2.36 bits per heavy atom. The van der Waals surface area contributed by atoms with Gasteiger partial charge in [0, 0.05) is 5.69 Å². The first-order valence-electron chi connectivity index (χ1n) is 8.02. The molecule has 0 saturated carbocycles. The van der Waals surface area contributed by atoms with Crippen LogP contribution in [0.4, 0.5) is 5.69 Å². The second-order valence-corrected chi connectivity index (χ2v) is 6.65. The van der Waals surface area contributed by atoms with Crippen LogP contribution in [0.3, 0.4) is 0 Å². The summed E-state index contributed by atoms with van der Waals surface area (Å²) in [4.78, 5) is 28.9. The van der Waals surface area contributed by atoms with Crippen LogP contribution < -0.4 is 5.32 Å². The van der Waals surface area contributed by atoms with E-state index in [-0.39, 0.29) is 24.8 Å². The van der Waals surface area contributed by atoms with Crippen LogP contribution in [-0.4, -0.2) is 28.0 Å². The van der Waals surface area contributed by atoms with Gasteiger partial charge < -0.3 is 14.6 Å². The molecule has 134 valence electrons. The van der Waals surface area contributed by atoms with Gasteiger partial charge in [-0.3, -0.25) is 4.79 Å². The first-order valence-corrected chi connectivity index (χ1v) is 8.81. The number of nitrogens with zero attached hydrogens (tertiary/aromatic N) is 2. The van der Waals surface area contributed by atoms with Gasteiger partial charge in [0.2, 0.25) is 5.91 Å². The van der Waals surface area contributed by atoms with Crippen LogP contribution in [0.2, 0.25) is 0 Å². The van der Waals surface area contributed by atoms with Crippen molar-refractivity contribution >= 4 is 33.5 Å². The number of carbonyl (C=O) groups excluding carboxylic acids is 2. The van der Waals surface area contributed by atoms with Gasteiger partial charge >= 0.3 is 5.97 Å². The Bertz CT molecular complexity index is 804. The van der Waals surface area contributed by atoms with Crippen molar-refractivity contribution in [1.29, 1.82) is 0 Å². The highest BCUT2D eigenvalue weighted by Gasteiger charge is 2.22. The number of amides is 1. The lowest BCUT2D eigenvalue weighted by molar-refractivity contribution is -0.116. The first kappa shape index (κ1) is 19.2. The molecule has 0 radical (unpaired) electrons. The van der Waals surface area contributed by atoms with E-state index in [2.05, 4.69) is 26.2 Å². The van der Waals surface area contributed by atoms with Crippen molar-refractivity contribution < 1.29 is 14.3 Å². The third-order valence-corrected chi connectivity index (χ3v) is 4.41. The Labute approximate surface area is 155 Å². The van der Waals surface area contributed by atoms with Crippen LogP contribution in [-0.2, 0) is 16.1 Å². The Hall–Kier alpha value is -2.15. The zero-order valence-corrected chi connectivity index (χ0v) is 16.7. The number of rotatable bonds is 5. The summed E-state index contributed by atoms with van der Waals surface area (Å²) >= 11 is 3.30. The predicted molar refractivity (Wildman–Crippen MR) is 99.9 cm³/mol. The van der Waals surface area contributed by atoms with E-state index < -0.39 is 5.97 Å². The smallest absolute Gasteiger partial charge is 0.356 e. The third-order valence-electron chi connectivity index (χ3n) is 3.81. The molecule has 1 heterocycles. The maximum absolute atomic E-state index is 12.5. The van der Waals surface area contributed by atoms with E-state index in [1.54, 1.807) is 13.8 Å². The molecule has 0 fully saturated rings. The molecule has 25 heavy (non-hydrogen) atoms. The van der Waals surface area contributed by atoms with E-state index in [1.807, 2.05) is 32.9 Å². The molecule has 0 atom stereocenters. The zero-order valence-electron chi connectivity index (χ0n) is 15.1. The SMILES string of the molecule is CCOC(=O)c1c(C)nc(Br)n1CC(=O)Nc1c(C)cc(C)cc1C. The number of esters is 1. The Kier molecular flexibility index (Phi) is 6.00. The second kappa shape index (κ2) is 7.82. The van der Waals surface area contributed by atoms with Crippen molar-refractivity contribution in [3.8, 4) is 0 Å². The lowest BCUT2D eigenvalue weighted by Crippen LogP contribution is -2.23. The van der Waals surface area contributed by atoms with Crippen molar-refractivity contribution in [1.82, 2.24) is 9.55 Å². The van der Waals surface area contributed by atoms with Crippen LogP contribution in [0.25, 0.3) is 0 Å². The quantitative estimate of drug-likeness (QED) is 0.766. The van der Waals surface area contributed by atoms with E-state index in [0.717, 1.165) is 22.4 Å². The summed E-state index contributed by atoms with van der Waals surface area (Å²) in [5.74, 6) is -0.729. The highest BCUT2D eigenvalue weighted by atomic mass is 79.9. The molecule has 1 aromatic heterocycles. The number of hydrogen-bond acceptors (Lipinski definition) is 4. The second-order valence-electron chi connectivity index (χ2n) is 5.94. The van der Waals surface area contributed by atoms with E-state index in [1.165, 1.54) is 4.57 Å². The molecule has 0 bridgehead atoms. The lowest BCUT2D eigenvalue weighted by Gasteiger charge is -2.14. The fourth-order valence-electron chi connectivity index (χ4n) is 2.84. The standard InChI is InChI=1S/C18H22BrN3O3/c1-6-25-17(24)16-13(5)20-18(19)22(16)9-14(23)21-15-11(3)7-10(2)8-12(15)4/h7-8H,6,9H2,1-5H3,(H,21,23). The van der Waals surface area contributed by atoms with Crippen molar-refractivity contribution in [2.75, 3.05) is 11.9 Å². The van der Waals surface area contributed by atoms with Crippen LogP contribution in [0.1, 0.15) is 39.8 Å². The van der Waals surface area contributed by atoms with Gasteiger partial charge in [-0.1, -0.05) is 17.7 Å². The number of carbonyl (C=O) groups is 2. The summed E-state index contributed by atoms with van der Waals surface area (Å²) in [6.45, 7) is 9.59. The molecule has 1 amide bonds. The Morgan fingerprint density at radius 2 is 1.80 bits per heavy atom. The minimum Gasteiger partial charge on any atom is -0.461 e. The van der Waals surface area contributed by atoms with Gasteiger partial charge in [-0.2, -0.15) is 0 Å². The predicted octanol–water partition coefficient (Wildman–Crippen LogP) is 3.69. The monoisotopic (exact) mass is 407 g/mol. The number of aromatic nitrogens is 2. The van der Waals surface area contributed by atoms with E-state index >= 15 is 0 Å². The number of ether oxygens (including phenoxy) is 1. The van der Waals surface area contributed by atoms with E-state index in [0.29, 0.717) is 10.4 Å². The third kappa shape index (κ3) is 4.28. The molecule has 7 heteroatoms. The van der Waals surface area contributed by atoms with E-state index in [4.69, 9.17) is 4.74 Å². The molecule has 0 aliphatic heterocycles. The summed E-state index contributed by atoms with van der Waals surface area (Å²) in [6, 6.07) is 4.04. The van der Waals surface area contributed by atoms with Crippen LogP contribution in [0, 0.1) is 27.7 Å². The summed E-state index contributed by atoms with van der Waals surface area (Å²) in [6.07, 6.45) is 0. The summed E-state index contributed by atoms with van der Waals surface area (Å²) in [7, 11) is 0. The molecule has 1 aromatic carbocycles. The summed E-state index contributed by atoms with van der Waals surface area (Å²) in [5, 5.41) is 2.93. The Morgan fingerprint density at radius 1 is 1.20 bits per heavy atom. The molecule has 0 unspecified atom stereocenters. The molecular formula is C18H22BrN3O3. The minimum atomic E-state index is -0.492. The minimum absolute atomic E-state index is 0.0394. The van der Waals surface area contributed by atoms with Crippen LogP contribution in [0.15, 0.2) is 16.9 Å². The molecule has 2 aromatic rings. The maximum atomic E-state index is 12.5. The van der Waals surface area contributed by atoms with Crippen molar-refractivity contribution in [2.45, 2.75) is 41.2 Å². The maximum Gasteiger partial charge on any atom is 0.356 e. The van der Waals surface area contributed by atoms with Gasteiger partial charge in [0.1, 0.15) is 6.54 Å². The normalized spacial score (nSPS) is 10.6. The molecular weight excluding hydrogens is 386 g/mol.